The van der Waals surface area contributed by atoms with E-state index in [-0.39, 0.29) is 11.1 Å². The molecule has 1 fully saturated rings. The van der Waals surface area contributed by atoms with E-state index in [1.54, 1.807) is 17.2 Å². The van der Waals surface area contributed by atoms with Crippen molar-refractivity contribution in [3.05, 3.63) is 63.2 Å². The number of piperazine rings is 1. The molecule has 29 heavy (non-hydrogen) atoms. The fraction of sp³-hybridized carbons (Fsp3) is 0.300. The van der Waals surface area contributed by atoms with Crippen LogP contribution < -0.4 is 0 Å². The molecule has 0 aliphatic carbocycles. The average molecular weight is 477 g/mol. The number of amides is 1. The van der Waals surface area contributed by atoms with E-state index in [1.165, 1.54) is 5.56 Å². The van der Waals surface area contributed by atoms with Crippen molar-refractivity contribution in [1.82, 2.24) is 24.9 Å². The molecule has 2 aromatic heterocycles. The molecule has 0 saturated carbocycles. The van der Waals surface area contributed by atoms with Gasteiger partial charge in [-0.1, -0.05) is 46.6 Å². The van der Waals surface area contributed by atoms with E-state index in [1.807, 2.05) is 31.2 Å². The van der Waals surface area contributed by atoms with Gasteiger partial charge in [-0.15, -0.1) is 0 Å². The lowest BCUT2D eigenvalue weighted by molar-refractivity contribution is 0.0615. The van der Waals surface area contributed by atoms with Crippen LogP contribution in [0, 0.1) is 6.92 Å². The summed E-state index contributed by atoms with van der Waals surface area (Å²) in [5.41, 5.74) is 2.53. The predicted octanol–water partition coefficient (Wildman–Crippen LogP) is 3.81. The minimum Gasteiger partial charge on any atom is -0.338 e. The quantitative estimate of drug-likeness (QED) is 0.533. The minimum atomic E-state index is -0.108. The molecule has 1 saturated heterocycles. The topological polar surface area (TPSA) is 75.4 Å². The third kappa shape index (κ3) is 4.66. The van der Waals surface area contributed by atoms with E-state index < -0.39 is 0 Å². The van der Waals surface area contributed by atoms with Gasteiger partial charge >= 0.3 is 0 Å². The van der Waals surface area contributed by atoms with Gasteiger partial charge in [0.2, 0.25) is 11.7 Å². The maximum Gasteiger partial charge on any atom is 0.257 e. The number of benzene rings is 1. The van der Waals surface area contributed by atoms with Crippen LogP contribution in [0.5, 0.6) is 0 Å². The first-order valence-corrected chi connectivity index (χ1v) is 10.4. The average Bonchev–Trinajstić information content (AvgIpc) is 3.19. The van der Waals surface area contributed by atoms with Crippen molar-refractivity contribution >= 4 is 33.4 Å². The van der Waals surface area contributed by atoms with Crippen molar-refractivity contribution in [1.29, 1.82) is 0 Å². The molecule has 4 rings (SSSR count). The number of carbonyl (C=O) groups excluding carboxylic acids is 1. The Kier molecular flexibility index (Phi) is 5.94. The lowest BCUT2D eigenvalue weighted by Crippen LogP contribution is -2.48. The number of pyridine rings is 1. The Hall–Kier alpha value is -2.29. The molecule has 7 nitrogen and oxygen atoms in total. The summed E-state index contributed by atoms with van der Waals surface area (Å²) in [4.78, 5) is 25.3. The van der Waals surface area contributed by atoms with Gasteiger partial charge in [-0.25, -0.2) is 4.98 Å². The van der Waals surface area contributed by atoms with Gasteiger partial charge in [0.1, 0.15) is 5.15 Å². The van der Waals surface area contributed by atoms with Crippen molar-refractivity contribution in [3.8, 4) is 11.4 Å². The molecule has 0 radical (unpaired) electrons. The summed E-state index contributed by atoms with van der Waals surface area (Å²) in [6.07, 6.45) is 1.58. The van der Waals surface area contributed by atoms with E-state index in [0.717, 1.165) is 10.0 Å². The van der Waals surface area contributed by atoms with Gasteiger partial charge in [-0.3, -0.25) is 9.69 Å². The lowest BCUT2D eigenvalue weighted by atomic mass is 10.1. The Balaban J connectivity index is 1.35. The van der Waals surface area contributed by atoms with Crippen LogP contribution in [0.15, 0.2) is 45.5 Å². The lowest BCUT2D eigenvalue weighted by Gasteiger charge is -2.34. The minimum absolute atomic E-state index is 0.108. The second-order valence-corrected chi connectivity index (χ2v) is 8.21. The summed E-state index contributed by atoms with van der Waals surface area (Å²) >= 11 is 9.42. The zero-order valence-electron chi connectivity index (χ0n) is 15.8. The Morgan fingerprint density at radius 3 is 2.66 bits per heavy atom. The fourth-order valence-corrected chi connectivity index (χ4v) is 3.70. The van der Waals surface area contributed by atoms with Crippen LogP contribution in [0.2, 0.25) is 5.15 Å². The van der Waals surface area contributed by atoms with E-state index in [0.29, 0.717) is 50.0 Å². The van der Waals surface area contributed by atoms with Gasteiger partial charge in [0.25, 0.3) is 5.91 Å². The summed E-state index contributed by atoms with van der Waals surface area (Å²) in [5, 5.41) is 4.30. The number of hydrogen-bond donors (Lipinski definition) is 0. The van der Waals surface area contributed by atoms with Gasteiger partial charge < -0.3 is 9.42 Å². The molecule has 3 heterocycles. The molecule has 1 amide bonds. The molecule has 9 heteroatoms. The predicted molar refractivity (Wildman–Crippen MR) is 113 cm³/mol. The molecular weight excluding hydrogens is 458 g/mol. The molecule has 0 atom stereocenters. The van der Waals surface area contributed by atoms with Crippen LogP contribution in [0.25, 0.3) is 11.4 Å². The summed E-state index contributed by atoms with van der Waals surface area (Å²) < 4.78 is 6.14. The number of carbonyl (C=O) groups is 1. The Morgan fingerprint density at radius 2 is 1.93 bits per heavy atom. The normalized spacial score (nSPS) is 14.9. The zero-order chi connectivity index (χ0) is 20.4. The smallest absolute Gasteiger partial charge is 0.257 e. The number of aromatic nitrogens is 3. The summed E-state index contributed by atoms with van der Waals surface area (Å²) in [5.74, 6) is 1.05. The molecule has 0 spiro atoms. The summed E-state index contributed by atoms with van der Waals surface area (Å²) in [6.45, 7) is 5.22. The van der Waals surface area contributed by atoms with Crippen molar-refractivity contribution in [3.63, 3.8) is 0 Å². The molecule has 1 aliphatic heterocycles. The summed E-state index contributed by atoms with van der Waals surface area (Å²) in [7, 11) is 0. The molecular formula is C20H19BrClN5O2. The van der Waals surface area contributed by atoms with Gasteiger partial charge in [0, 0.05) is 42.4 Å². The summed E-state index contributed by atoms with van der Waals surface area (Å²) in [6, 6.07) is 9.71. The highest BCUT2D eigenvalue weighted by molar-refractivity contribution is 9.10. The second-order valence-electron chi connectivity index (χ2n) is 6.94. The van der Waals surface area contributed by atoms with Crippen LogP contribution >= 0.6 is 27.5 Å². The highest BCUT2D eigenvalue weighted by Crippen LogP contribution is 2.21. The molecule has 0 bridgehead atoms. The van der Waals surface area contributed by atoms with Crippen molar-refractivity contribution in [2.45, 2.75) is 13.5 Å². The third-order valence-electron chi connectivity index (χ3n) is 4.83. The standard InChI is InChI=1S/C20H19BrClN5O2/c1-13-2-4-14(5-3-13)19-24-17(29-25-19)12-26-6-8-27(9-7-26)20(28)16-10-15(21)11-23-18(16)22/h2-5,10-11H,6-9,12H2,1H3. The molecule has 0 N–H and O–H groups in total. The van der Waals surface area contributed by atoms with Crippen LogP contribution in [-0.2, 0) is 6.54 Å². The molecule has 1 aromatic carbocycles. The maximum absolute atomic E-state index is 12.7. The second kappa shape index (κ2) is 8.61. The Labute approximate surface area is 181 Å². The van der Waals surface area contributed by atoms with Crippen LogP contribution in [0.3, 0.4) is 0 Å². The third-order valence-corrected chi connectivity index (χ3v) is 5.57. The van der Waals surface area contributed by atoms with E-state index in [9.17, 15) is 4.79 Å². The number of rotatable bonds is 4. The van der Waals surface area contributed by atoms with E-state index in [4.69, 9.17) is 16.1 Å². The Morgan fingerprint density at radius 1 is 1.21 bits per heavy atom. The van der Waals surface area contributed by atoms with Gasteiger partial charge in [0.15, 0.2) is 0 Å². The Bertz CT molecular complexity index is 1020. The van der Waals surface area contributed by atoms with Crippen LogP contribution in [0.4, 0.5) is 0 Å². The zero-order valence-corrected chi connectivity index (χ0v) is 18.2. The van der Waals surface area contributed by atoms with Crippen LogP contribution in [0.1, 0.15) is 21.8 Å². The molecule has 1 aliphatic rings. The van der Waals surface area contributed by atoms with Gasteiger partial charge in [-0.2, -0.15) is 4.98 Å². The van der Waals surface area contributed by atoms with Crippen molar-refractivity contribution < 1.29 is 9.32 Å². The highest BCUT2D eigenvalue weighted by Gasteiger charge is 2.25. The molecule has 3 aromatic rings. The first-order chi connectivity index (χ1) is 14.0. The fourth-order valence-electron chi connectivity index (χ4n) is 3.18. The number of aryl methyl sites for hydroxylation is 1. The van der Waals surface area contributed by atoms with Crippen LogP contribution in [-0.4, -0.2) is 57.0 Å². The SMILES string of the molecule is Cc1ccc(-c2noc(CN3CCN(C(=O)c4cc(Br)cnc4Cl)CC3)n2)cc1. The van der Waals surface area contributed by atoms with Crippen molar-refractivity contribution in [2.75, 3.05) is 26.2 Å². The van der Waals surface area contributed by atoms with E-state index >= 15 is 0 Å². The van der Waals surface area contributed by atoms with Gasteiger partial charge in [-0.05, 0) is 28.9 Å². The number of halogens is 2. The number of hydrogen-bond acceptors (Lipinski definition) is 6. The number of nitrogens with zero attached hydrogens (tertiary/aromatic N) is 5. The molecule has 0 unspecified atom stereocenters. The van der Waals surface area contributed by atoms with E-state index in [2.05, 4.69) is 36.0 Å². The largest absolute Gasteiger partial charge is 0.338 e. The monoisotopic (exact) mass is 475 g/mol. The first-order valence-electron chi connectivity index (χ1n) is 9.22. The maximum atomic E-state index is 12.7. The first kappa shape index (κ1) is 20.0. The van der Waals surface area contributed by atoms with Gasteiger partial charge in [0.05, 0.1) is 12.1 Å². The van der Waals surface area contributed by atoms with Crippen molar-refractivity contribution in [2.24, 2.45) is 0 Å². The highest BCUT2D eigenvalue weighted by atomic mass is 79.9. The molecule has 150 valence electrons.